The van der Waals surface area contributed by atoms with E-state index in [2.05, 4.69) is 0 Å². The average Bonchev–Trinajstić information content (AvgIpc) is 2.24. The summed E-state index contributed by atoms with van der Waals surface area (Å²) in [5.41, 5.74) is 0. The minimum atomic E-state index is -2.94. The molecule has 0 atom stereocenters. The van der Waals surface area contributed by atoms with Gasteiger partial charge in [0.25, 0.3) is 0 Å². The lowest BCUT2D eigenvalue weighted by atomic mass is 10.4. The van der Waals surface area contributed by atoms with Crippen molar-refractivity contribution in [2.75, 3.05) is 19.4 Å². The van der Waals surface area contributed by atoms with E-state index < -0.39 is 7.60 Å². The predicted octanol–water partition coefficient (Wildman–Crippen LogP) is 3.01. The van der Waals surface area contributed by atoms with Gasteiger partial charge >= 0.3 is 7.60 Å². The van der Waals surface area contributed by atoms with Gasteiger partial charge in [-0.3, -0.25) is 4.57 Å². The highest BCUT2D eigenvalue weighted by atomic mass is 31.2. The first kappa shape index (κ1) is 14.8. The lowest BCUT2D eigenvalue weighted by molar-refractivity contribution is -0.107. The molecule has 0 amide bonds. The highest BCUT2D eigenvalue weighted by Gasteiger charge is 2.23. The number of unbranched alkanes of at least 4 members (excludes halogenated alkanes) is 1. The highest BCUT2D eigenvalue weighted by molar-refractivity contribution is 7.53. The smallest absolute Gasteiger partial charge is 0.309 e. The highest BCUT2D eigenvalue weighted by Crippen LogP contribution is 2.49. The Morgan fingerprint density at radius 3 is 2.07 bits per heavy atom. The van der Waals surface area contributed by atoms with Crippen LogP contribution in [0.15, 0.2) is 0 Å². The SMILES string of the molecule is CCCOP(=O)(CCCC=O)OCCC. The largest absolute Gasteiger partial charge is 0.330 e. The summed E-state index contributed by atoms with van der Waals surface area (Å²) in [6.45, 7) is 4.80. The van der Waals surface area contributed by atoms with E-state index in [1.807, 2.05) is 13.8 Å². The maximum absolute atomic E-state index is 12.0. The summed E-state index contributed by atoms with van der Waals surface area (Å²) < 4.78 is 22.5. The van der Waals surface area contributed by atoms with Crippen LogP contribution in [0.1, 0.15) is 39.5 Å². The Labute approximate surface area is 91.9 Å². The summed E-state index contributed by atoms with van der Waals surface area (Å²) in [5.74, 6) is 0. The summed E-state index contributed by atoms with van der Waals surface area (Å²) in [5, 5.41) is 0. The zero-order valence-electron chi connectivity index (χ0n) is 9.61. The van der Waals surface area contributed by atoms with Crippen molar-refractivity contribution in [3.8, 4) is 0 Å². The molecule has 15 heavy (non-hydrogen) atoms. The average molecular weight is 236 g/mol. The van der Waals surface area contributed by atoms with Gasteiger partial charge < -0.3 is 13.8 Å². The molecule has 5 heteroatoms. The molecule has 0 aromatic heterocycles. The van der Waals surface area contributed by atoms with Gasteiger partial charge in [0, 0.05) is 6.42 Å². The molecule has 0 saturated carbocycles. The molecule has 0 radical (unpaired) electrons. The topological polar surface area (TPSA) is 52.6 Å². The molecule has 0 aliphatic rings. The molecule has 0 aromatic rings. The fourth-order valence-electron chi connectivity index (χ4n) is 0.995. The summed E-state index contributed by atoms with van der Waals surface area (Å²) in [6, 6.07) is 0. The van der Waals surface area contributed by atoms with Crippen molar-refractivity contribution in [2.45, 2.75) is 39.5 Å². The van der Waals surface area contributed by atoms with E-state index >= 15 is 0 Å². The van der Waals surface area contributed by atoms with Crippen molar-refractivity contribution in [3.63, 3.8) is 0 Å². The summed E-state index contributed by atoms with van der Waals surface area (Å²) >= 11 is 0. The van der Waals surface area contributed by atoms with Crippen LogP contribution >= 0.6 is 7.60 Å². The maximum atomic E-state index is 12.0. The number of rotatable bonds is 10. The Hall–Kier alpha value is -0.180. The molecule has 0 saturated heterocycles. The van der Waals surface area contributed by atoms with Gasteiger partial charge in [-0.15, -0.1) is 0 Å². The third kappa shape index (κ3) is 7.71. The molecular formula is C10H21O4P. The van der Waals surface area contributed by atoms with Crippen molar-refractivity contribution in [1.29, 1.82) is 0 Å². The Bertz CT molecular complexity index is 194. The van der Waals surface area contributed by atoms with Gasteiger partial charge in [-0.05, 0) is 19.3 Å². The molecule has 0 rings (SSSR count). The van der Waals surface area contributed by atoms with Crippen LogP contribution in [0.3, 0.4) is 0 Å². The predicted molar refractivity (Wildman–Crippen MR) is 60.3 cm³/mol. The van der Waals surface area contributed by atoms with E-state index in [1.165, 1.54) is 0 Å². The third-order valence-electron chi connectivity index (χ3n) is 1.74. The van der Waals surface area contributed by atoms with E-state index in [4.69, 9.17) is 9.05 Å². The molecule has 0 aliphatic heterocycles. The van der Waals surface area contributed by atoms with Crippen LogP contribution in [0.2, 0.25) is 0 Å². The fourth-order valence-corrected chi connectivity index (χ4v) is 2.82. The first-order valence-corrected chi connectivity index (χ1v) is 7.23. The molecular weight excluding hydrogens is 215 g/mol. The molecule has 0 bridgehead atoms. The standard InChI is InChI=1S/C10H21O4P/c1-3-8-13-15(12,14-9-4-2)10-6-5-7-11/h7H,3-6,8-10H2,1-2H3. The molecule has 0 unspecified atom stereocenters. The minimum absolute atomic E-state index is 0.339. The van der Waals surface area contributed by atoms with Crippen LogP contribution in [0.4, 0.5) is 0 Å². The van der Waals surface area contributed by atoms with Crippen LogP contribution in [0.25, 0.3) is 0 Å². The van der Waals surface area contributed by atoms with Crippen LogP contribution in [-0.2, 0) is 18.4 Å². The van der Waals surface area contributed by atoms with Gasteiger partial charge in [0.05, 0.1) is 19.4 Å². The second kappa shape index (κ2) is 9.08. The minimum Gasteiger partial charge on any atom is -0.309 e. The van der Waals surface area contributed by atoms with Gasteiger partial charge in [0.1, 0.15) is 6.29 Å². The van der Waals surface area contributed by atoms with Gasteiger partial charge in [-0.1, -0.05) is 13.8 Å². The maximum Gasteiger partial charge on any atom is 0.330 e. The van der Waals surface area contributed by atoms with Crippen LogP contribution in [0.5, 0.6) is 0 Å². The number of hydrogen-bond donors (Lipinski definition) is 0. The first-order valence-electron chi connectivity index (χ1n) is 5.50. The zero-order chi connectivity index (χ0) is 11.6. The van der Waals surface area contributed by atoms with Gasteiger partial charge in [0.2, 0.25) is 0 Å². The second-order valence-electron chi connectivity index (χ2n) is 3.31. The Morgan fingerprint density at radius 2 is 1.67 bits per heavy atom. The van der Waals surface area contributed by atoms with E-state index in [9.17, 15) is 9.36 Å². The lowest BCUT2D eigenvalue weighted by Crippen LogP contribution is -2.02. The molecule has 0 aromatic carbocycles. The summed E-state index contributed by atoms with van der Waals surface area (Å²) in [4.78, 5) is 10.1. The Balaban J connectivity index is 4.01. The van der Waals surface area contributed by atoms with E-state index in [-0.39, 0.29) is 0 Å². The van der Waals surface area contributed by atoms with E-state index in [0.29, 0.717) is 32.2 Å². The first-order chi connectivity index (χ1) is 7.18. The van der Waals surface area contributed by atoms with Crippen molar-refractivity contribution in [3.05, 3.63) is 0 Å². The van der Waals surface area contributed by atoms with Gasteiger partial charge in [-0.2, -0.15) is 0 Å². The molecule has 0 aliphatic carbocycles. The lowest BCUT2D eigenvalue weighted by Gasteiger charge is -2.17. The summed E-state index contributed by atoms with van der Waals surface area (Å²) in [7, 11) is -2.94. The van der Waals surface area contributed by atoms with Gasteiger partial charge in [-0.25, -0.2) is 0 Å². The van der Waals surface area contributed by atoms with E-state index in [1.54, 1.807) is 0 Å². The molecule has 0 heterocycles. The second-order valence-corrected chi connectivity index (χ2v) is 5.50. The normalized spacial score (nSPS) is 11.6. The molecule has 0 spiro atoms. The van der Waals surface area contributed by atoms with Crippen molar-refractivity contribution in [1.82, 2.24) is 0 Å². The number of aldehydes is 1. The van der Waals surface area contributed by atoms with Crippen molar-refractivity contribution in [2.24, 2.45) is 0 Å². The third-order valence-corrected chi connectivity index (χ3v) is 3.75. The molecule has 4 nitrogen and oxygen atoms in total. The van der Waals surface area contributed by atoms with E-state index in [0.717, 1.165) is 19.1 Å². The molecule has 90 valence electrons. The molecule has 0 N–H and O–H groups in total. The Kier molecular flexibility index (Phi) is 8.97. The monoisotopic (exact) mass is 236 g/mol. The van der Waals surface area contributed by atoms with Crippen LogP contribution in [-0.4, -0.2) is 25.7 Å². The zero-order valence-corrected chi connectivity index (χ0v) is 10.5. The number of carbonyl (C=O) groups excluding carboxylic acids is 1. The fraction of sp³-hybridized carbons (Fsp3) is 0.900. The van der Waals surface area contributed by atoms with Crippen LogP contribution in [0, 0.1) is 0 Å². The number of carbonyl (C=O) groups is 1. The number of hydrogen-bond acceptors (Lipinski definition) is 4. The van der Waals surface area contributed by atoms with Gasteiger partial charge in [0.15, 0.2) is 0 Å². The Morgan fingerprint density at radius 1 is 1.13 bits per heavy atom. The molecule has 0 fully saturated rings. The van der Waals surface area contributed by atoms with Crippen LogP contribution < -0.4 is 0 Å². The van der Waals surface area contributed by atoms with Crippen molar-refractivity contribution >= 4 is 13.9 Å². The van der Waals surface area contributed by atoms with Crippen molar-refractivity contribution < 1.29 is 18.4 Å². The summed E-state index contributed by atoms with van der Waals surface area (Å²) in [6.07, 6.45) is 3.76. The quantitative estimate of drug-likeness (QED) is 0.332.